The molecule has 0 aliphatic carbocycles. The summed E-state index contributed by atoms with van der Waals surface area (Å²) >= 11 is 6.74. The molecule has 0 fully saturated rings. The van der Waals surface area contributed by atoms with Crippen LogP contribution in [0.4, 0.5) is 17.2 Å². The Labute approximate surface area is 266 Å². The lowest BCUT2D eigenvalue weighted by molar-refractivity contribution is -0.111. The average Bonchev–Trinajstić information content (AvgIpc) is 3.03. The average molecular weight is 624 g/mol. The first-order valence-corrected chi connectivity index (χ1v) is 14.6. The molecule has 0 aliphatic heterocycles. The lowest BCUT2D eigenvalue weighted by atomic mass is 10.0. The molecule has 2 aromatic heterocycles. The molecule has 2 heterocycles. The van der Waals surface area contributed by atoms with Gasteiger partial charge in [-0.15, -0.1) is 0 Å². The number of rotatable bonds is 11. The molecule has 1 amide bonds. The topological polar surface area (TPSA) is 97.7 Å². The number of aromatic nitrogens is 2. The number of halogens is 1. The van der Waals surface area contributed by atoms with Crippen molar-refractivity contribution in [2.75, 3.05) is 45.5 Å². The number of nitrogens with one attached hydrogen (secondary N) is 2. The van der Waals surface area contributed by atoms with Gasteiger partial charge >= 0.3 is 0 Å². The van der Waals surface area contributed by atoms with Crippen molar-refractivity contribution in [2.24, 2.45) is 0 Å². The molecule has 9 nitrogen and oxygen atoms in total. The van der Waals surface area contributed by atoms with E-state index in [1.54, 1.807) is 42.1 Å². The van der Waals surface area contributed by atoms with Crippen LogP contribution in [0.5, 0.6) is 11.5 Å². The predicted octanol–water partition coefficient (Wildman–Crippen LogP) is 6.58. The van der Waals surface area contributed by atoms with Crippen molar-refractivity contribution in [3.05, 3.63) is 118 Å². The number of carbonyl (C=O) groups is 1. The molecule has 0 aliphatic rings. The van der Waals surface area contributed by atoms with Crippen LogP contribution >= 0.6 is 11.6 Å². The maximum Gasteiger partial charge on any atom is 0.259 e. The Morgan fingerprint density at radius 1 is 0.956 bits per heavy atom. The summed E-state index contributed by atoms with van der Waals surface area (Å²) in [5.41, 5.74) is 3.55. The van der Waals surface area contributed by atoms with Crippen molar-refractivity contribution >= 4 is 45.6 Å². The van der Waals surface area contributed by atoms with E-state index >= 15 is 0 Å². The standard InChI is InChI=1S/C35H34ClN5O4/c1-40(2)15-9-14-33(42)39-26-13-8-10-23(16-26)22-41-30-20-32(38-25-11-6-5-7-12-25)37-21-24(30)17-29(35(41)43)28-18-27(44-3)19-31(45-4)34(28)36/h5-14,16-21H,15,22H2,1-4H3,(H,37,38)(H,39,42)/b14-9+. The normalized spacial score (nSPS) is 11.2. The SMILES string of the molecule is COc1cc(OC)c(Cl)c(-c2cc3cnc(Nc4ccccc4)cc3n(Cc3cccc(NC(=O)/C=C/CN(C)C)c3)c2=O)c1. The fraction of sp³-hybridized carbons (Fsp3) is 0.171. The zero-order chi connectivity index (χ0) is 31.9. The second-order valence-electron chi connectivity index (χ2n) is 10.6. The van der Waals surface area contributed by atoms with Crippen molar-refractivity contribution in [1.82, 2.24) is 14.5 Å². The fourth-order valence-electron chi connectivity index (χ4n) is 4.88. The van der Waals surface area contributed by atoms with Gasteiger partial charge in [0.25, 0.3) is 5.56 Å². The molecule has 0 saturated heterocycles. The van der Waals surface area contributed by atoms with Gasteiger partial charge in [-0.05, 0) is 56.1 Å². The molecule has 5 aromatic rings. The summed E-state index contributed by atoms with van der Waals surface area (Å²) in [6.07, 6.45) is 5.03. The number of para-hydroxylation sites is 1. The molecule has 0 unspecified atom stereocenters. The molecule has 10 heteroatoms. The highest BCUT2D eigenvalue weighted by atomic mass is 35.5. The molecule has 0 radical (unpaired) electrons. The third kappa shape index (κ3) is 7.52. The molecule has 0 spiro atoms. The largest absolute Gasteiger partial charge is 0.497 e. The van der Waals surface area contributed by atoms with Crippen molar-refractivity contribution in [3.63, 3.8) is 0 Å². The van der Waals surface area contributed by atoms with Gasteiger partial charge < -0.3 is 29.6 Å². The number of anilines is 3. The minimum absolute atomic E-state index is 0.219. The van der Waals surface area contributed by atoms with Crippen molar-refractivity contribution < 1.29 is 14.3 Å². The van der Waals surface area contributed by atoms with Gasteiger partial charge in [0.2, 0.25) is 5.91 Å². The summed E-state index contributed by atoms with van der Waals surface area (Å²) in [5.74, 6) is 1.24. The Morgan fingerprint density at radius 3 is 2.47 bits per heavy atom. The molecular weight excluding hydrogens is 590 g/mol. The zero-order valence-corrected chi connectivity index (χ0v) is 26.3. The van der Waals surface area contributed by atoms with E-state index in [1.807, 2.05) is 79.7 Å². The number of nitrogens with zero attached hydrogens (tertiary/aromatic N) is 3. The third-order valence-corrected chi connectivity index (χ3v) is 7.45. The summed E-state index contributed by atoms with van der Waals surface area (Å²) in [4.78, 5) is 33.4. The zero-order valence-electron chi connectivity index (χ0n) is 25.5. The lowest BCUT2D eigenvalue weighted by Gasteiger charge is -2.17. The Kier molecular flexibility index (Phi) is 9.82. The summed E-state index contributed by atoms with van der Waals surface area (Å²) in [7, 11) is 6.92. The maximum absolute atomic E-state index is 14.3. The van der Waals surface area contributed by atoms with Crippen molar-refractivity contribution in [3.8, 4) is 22.6 Å². The summed E-state index contributed by atoms with van der Waals surface area (Å²) < 4.78 is 12.6. The molecule has 45 heavy (non-hydrogen) atoms. The number of fused-ring (bicyclic) bond motifs is 1. The number of likely N-dealkylation sites (N-methyl/N-ethyl adjacent to an activating group) is 1. The molecule has 230 valence electrons. The molecule has 0 atom stereocenters. The van der Waals surface area contributed by atoms with Gasteiger partial charge in [-0.3, -0.25) is 9.59 Å². The van der Waals surface area contributed by atoms with E-state index in [4.69, 9.17) is 21.1 Å². The first-order valence-electron chi connectivity index (χ1n) is 14.2. The Morgan fingerprint density at radius 2 is 1.73 bits per heavy atom. The highest BCUT2D eigenvalue weighted by molar-refractivity contribution is 6.35. The van der Waals surface area contributed by atoms with E-state index in [1.165, 1.54) is 13.2 Å². The van der Waals surface area contributed by atoms with Crippen LogP contribution in [0, 0.1) is 0 Å². The fourth-order valence-corrected chi connectivity index (χ4v) is 5.17. The van der Waals surface area contributed by atoms with Gasteiger partial charge in [0.1, 0.15) is 17.3 Å². The van der Waals surface area contributed by atoms with Gasteiger partial charge in [0, 0.05) is 58.8 Å². The third-order valence-electron chi connectivity index (χ3n) is 7.06. The van der Waals surface area contributed by atoms with E-state index in [0.717, 1.165) is 16.6 Å². The van der Waals surface area contributed by atoms with Crippen LogP contribution in [0.25, 0.3) is 22.0 Å². The van der Waals surface area contributed by atoms with Crippen LogP contribution in [0.2, 0.25) is 5.02 Å². The summed E-state index contributed by atoms with van der Waals surface area (Å²) in [5, 5.41) is 7.24. The highest BCUT2D eigenvalue weighted by Crippen LogP contribution is 2.39. The number of ether oxygens (including phenoxy) is 2. The highest BCUT2D eigenvalue weighted by Gasteiger charge is 2.19. The molecule has 0 bridgehead atoms. The minimum Gasteiger partial charge on any atom is -0.497 e. The van der Waals surface area contributed by atoms with E-state index in [9.17, 15) is 9.59 Å². The molecule has 5 rings (SSSR count). The van der Waals surface area contributed by atoms with E-state index in [2.05, 4.69) is 15.6 Å². The Balaban J connectivity index is 1.60. The number of amides is 1. The van der Waals surface area contributed by atoms with Crippen LogP contribution in [0.1, 0.15) is 5.56 Å². The summed E-state index contributed by atoms with van der Waals surface area (Å²) in [6.45, 7) is 0.871. The molecular formula is C35H34ClN5O4. The van der Waals surface area contributed by atoms with Crippen molar-refractivity contribution in [1.29, 1.82) is 0 Å². The second kappa shape index (κ2) is 14.1. The first kappa shape index (κ1) is 31.3. The van der Waals surface area contributed by atoms with Gasteiger partial charge in [-0.2, -0.15) is 0 Å². The van der Waals surface area contributed by atoms with E-state index in [-0.39, 0.29) is 18.0 Å². The first-order chi connectivity index (χ1) is 21.7. The maximum atomic E-state index is 14.3. The number of benzene rings is 3. The van der Waals surface area contributed by atoms with Gasteiger partial charge in [-0.25, -0.2) is 4.98 Å². The van der Waals surface area contributed by atoms with E-state index < -0.39 is 0 Å². The van der Waals surface area contributed by atoms with Gasteiger partial charge in [-0.1, -0.05) is 48.0 Å². The van der Waals surface area contributed by atoms with Crippen LogP contribution in [0.15, 0.2) is 102 Å². The number of pyridine rings is 2. The second-order valence-corrected chi connectivity index (χ2v) is 11.0. The number of methoxy groups -OCH3 is 2. The van der Waals surface area contributed by atoms with E-state index in [0.29, 0.717) is 51.2 Å². The Hall–Kier alpha value is -5.12. The van der Waals surface area contributed by atoms with Gasteiger partial charge in [0.05, 0.1) is 31.3 Å². The molecule has 3 aromatic carbocycles. The smallest absolute Gasteiger partial charge is 0.259 e. The monoisotopic (exact) mass is 623 g/mol. The van der Waals surface area contributed by atoms with Gasteiger partial charge in [0.15, 0.2) is 0 Å². The van der Waals surface area contributed by atoms with Crippen molar-refractivity contribution in [2.45, 2.75) is 6.54 Å². The lowest BCUT2D eigenvalue weighted by Crippen LogP contribution is -2.23. The number of hydrogen-bond acceptors (Lipinski definition) is 7. The Bertz CT molecular complexity index is 1920. The molecule has 2 N–H and O–H groups in total. The number of hydrogen-bond donors (Lipinski definition) is 2. The number of carbonyl (C=O) groups excluding carboxylic acids is 1. The quantitative estimate of drug-likeness (QED) is 0.160. The van der Waals surface area contributed by atoms with Crippen LogP contribution in [-0.4, -0.2) is 55.2 Å². The van der Waals surface area contributed by atoms with Crippen LogP contribution in [0.3, 0.4) is 0 Å². The summed E-state index contributed by atoms with van der Waals surface area (Å²) in [6, 6.07) is 24.1. The van der Waals surface area contributed by atoms with Crippen LogP contribution in [-0.2, 0) is 11.3 Å². The minimum atomic E-state index is -0.266. The predicted molar refractivity (Wildman–Crippen MR) is 181 cm³/mol. The van der Waals surface area contributed by atoms with Crippen LogP contribution < -0.4 is 25.7 Å². The molecule has 0 saturated carbocycles.